The largest absolute Gasteiger partial charge is 0.508 e. The first-order valence-corrected chi connectivity index (χ1v) is 32.8. The number of furan rings is 4. The molecule has 4 aliphatic rings. The number of ketones is 4. The van der Waals surface area contributed by atoms with Crippen LogP contribution in [0, 0.1) is 20.8 Å². The zero-order valence-corrected chi connectivity index (χ0v) is 55.1. The van der Waals surface area contributed by atoms with Gasteiger partial charge in [-0.15, -0.1) is 0 Å². The van der Waals surface area contributed by atoms with Gasteiger partial charge < -0.3 is 63.6 Å². The lowest BCUT2D eigenvalue weighted by atomic mass is 9.83. The molecule has 0 saturated heterocycles. The molecule has 4 aromatic heterocycles. The van der Waals surface area contributed by atoms with Crippen LogP contribution in [0.2, 0.25) is 0 Å². The van der Waals surface area contributed by atoms with Gasteiger partial charge in [-0.1, -0.05) is 108 Å². The molecule has 4 heterocycles. The molecule has 0 bridgehead atoms. The minimum atomic E-state index is -0.252. The van der Waals surface area contributed by atoms with Gasteiger partial charge in [-0.3, -0.25) is 19.2 Å². The molecule has 0 spiro atoms. The molecule has 0 fully saturated rings. The van der Waals surface area contributed by atoms with Crippen molar-refractivity contribution in [2.75, 3.05) is 0 Å². The van der Waals surface area contributed by atoms with E-state index in [2.05, 4.69) is 0 Å². The summed E-state index contributed by atoms with van der Waals surface area (Å²) >= 11 is 0. The molecule has 12 aromatic carbocycles. The average molecular weight is 1370 g/mol. The van der Waals surface area contributed by atoms with Crippen molar-refractivity contribution in [2.24, 2.45) is 0 Å². The van der Waals surface area contributed by atoms with Gasteiger partial charge in [0.15, 0.2) is 23.1 Å². The van der Waals surface area contributed by atoms with Crippen LogP contribution in [0.25, 0.3) is 134 Å². The number of rotatable bonds is 4. The number of para-hydroxylation sites is 1. The molecule has 0 unspecified atom stereocenters. The van der Waals surface area contributed by atoms with E-state index in [0.29, 0.717) is 145 Å². The van der Waals surface area contributed by atoms with Crippen LogP contribution >= 0.6 is 0 Å². The maximum absolute atomic E-state index is 12.9. The Labute approximate surface area is 588 Å². The van der Waals surface area contributed by atoms with Crippen LogP contribution in [0.5, 0.6) is 51.7 Å². The molecule has 17 nitrogen and oxygen atoms in total. The number of hydrogen-bond donors (Lipinski definition) is 9. The second kappa shape index (κ2) is 23.7. The lowest BCUT2D eigenvalue weighted by Crippen LogP contribution is -2.09. The number of hydrogen-bond acceptors (Lipinski definition) is 17. The molecule has 0 aliphatic heterocycles. The minimum absolute atomic E-state index is 0.0147. The molecule has 20 rings (SSSR count). The number of aryl methyl sites for hydroxylation is 3. The van der Waals surface area contributed by atoms with Gasteiger partial charge in [-0.05, 0) is 129 Å². The fraction of sp³-hybridized carbons (Fsp3) is 0.0345. The van der Waals surface area contributed by atoms with E-state index in [1.165, 1.54) is 72.8 Å². The lowest BCUT2D eigenvalue weighted by molar-refractivity contribution is 0.103. The van der Waals surface area contributed by atoms with Gasteiger partial charge in [0, 0.05) is 146 Å². The van der Waals surface area contributed by atoms with Crippen LogP contribution in [-0.4, -0.2) is 69.1 Å². The van der Waals surface area contributed by atoms with Crippen LogP contribution < -0.4 is 0 Å². The Hall–Kier alpha value is -14.3. The topological polar surface area (TPSA) is 303 Å². The molecular weight excluding hydrogens is 1320 g/mol. The Morgan fingerprint density at radius 1 is 0.221 bits per heavy atom. The molecule has 0 atom stereocenters. The molecule has 17 heteroatoms. The highest BCUT2D eigenvalue weighted by atomic mass is 16.4. The van der Waals surface area contributed by atoms with E-state index < -0.39 is 0 Å². The van der Waals surface area contributed by atoms with Crippen molar-refractivity contribution in [3.8, 4) is 142 Å². The molecule has 4 aliphatic carbocycles. The summed E-state index contributed by atoms with van der Waals surface area (Å²) in [7, 11) is 0. The molecular formula is C87H54O17. The number of phenolic OH excluding ortho intramolecular Hbond substituents is 9. The summed E-state index contributed by atoms with van der Waals surface area (Å²) in [5, 5.41) is 93.2. The number of fused-ring (bicyclic) bond motifs is 8. The van der Waals surface area contributed by atoms with Crippen molar-refractivity contribution in [3.05, 3.63) is 280 Å². The highest BCUT2D eigenvalue weighted by molar-refractivity contribution is 6.31. The van der Waals surface area contributed by atoms with E-state index in [9.17, 15) is 65.1 Å². The zero-order valence-electron chi connectivity index (χ0n) is 55.1. The smallest absolute Gasteiger partial charge is 0.194 e. The van der Waals surface area contributed by atoms with Crippen LogP contribution in [0.3, 0.4) is 0 Å². The van der Waals surface area contributed by atoms with Gasteiger partial charge in [-0.2, -0.15) is 0 Å². The monoisotopic (exact) mass is 1370 g/mol. The highest BCUT2D eigenvalue weighted by Crippen LogP contribution is 2.55. The maximum atomic E-state index is 12.9. The standard InChI is InChI=1S/3C22H14O4.C21H12O5/c1-11-2-4-12(5-3-11)22-20-15-7-6-13(23)8-16(15)21(25)17-9-14(24)10-18(26-22)19(17)20;1-11-5-7-12(8-6-11)22-20-18-14(3-2-4-16(18)24)21(25)15-9-13(23)10-17(26-22)19(15)20;1-11-3-2-4-12(7-11)22-20-16-8-13(23)5-6-15(16)21(25)17-9-14(24)10-18(26-22)19(17)20;22-10-5-6-12-14(7-10)19-18-15(20(12)25)8-11(23)9-17(18)26-21(19)13-3-1-2-4-16(13)24/h3*2-10,23-24H,1H3;1-9,22-24H. The Bertz CT molecular complexity index is 6440. The summed E-state index contributed by atoms with van der Waals surface area (Å²) in [5.74, 6) is 1.36. The van der Waals surface area contributed by atoms with Gasteiger partial charge in [0.25, 0.3) is 0 Å². The van der Waals surface area contributed by atoms with E-state index in [1.807, 2.05) is 93.6 Å². The number of carbonyl (C=O) groups excluding carboxylic acids is 4. The number of benzene rings is 12. The zero-order chi connectivity index (χ0) is 72.0. The summed E-state index contributed by atoms with van der Waals surface area (Å²) in [6.07, 6.45) is 0. The van der Waals surface area contributed by atoms with E-state index in [4.69, 9.17) is 17.7 Å². The fourth-order valence-corrected chi connectivity index (χ4v) is 14.6. The number of carbonyl (C=O) groups is 4. The lowest BCUT2D eigenvalue weighted by Gasteiger charge is -2.17. The van der Waals surface area contributed by atoms with Gasteiger partial charge >= 0.3 is 0 Å². The van der Waals surface area contributed by atoms with Gasteiger partial charge in [-0.25, -0.2) is 0 Å². The third-order valence-electron chi connectivity index (χ3n) is 19.2. The van der Waals surface area contributed by atoms with Crippen molar-refractivity contribution in [1.82, 2.24) is 0 Å². The Balaban J connectivity index is 0.000000103. The predicted octanol–water partition coefficient (Wildman–Crippen LogP) is 19.5. The van der Waals surface area contributed by atoms with Gasteiger partial charge in [0.05, 0.1) is 5.56 Å². The van der Waals surface area contributed by atoms with Crippen LogP contribution in [-0.2, 0) is 0 Å². The van der Waals surface area contributed by atoms with E-state index in [0.717, 1.165) is 50.1 Å². The fourth-order valence-electron chi connectivity index (χ4n) is 14.6. The summed E-state index contributed by atoms with van der Waals surface area (Å²) < 4.78 is 24.2. The first-order valence-electron chi connectivity index (χ1n) is 32.8. The van der Waals surface area contributed by atoms with Gasteiger partial charge in [0.2, 0.25) is 0 Å². The third kappa shape index (κ3) is 10.1. The Kier molecular flexibility index (Phi) is 14.4. The summed E-state index contributed by atoms with van der Waals surface area (Å²) in [6.45, 7) is 6.01. The average Bonchev–Trinajstić information content (AvgIpc) is 1.59. The molecule has 104 heavy (non-hydrogen) atoms. The Morgan fingerprint density at radius 2 is 0.577 bits per heavy atom. The third-order valence-corrected chi connectivity index (χ3v) is 19.2. The van der Waals surface area contributed by atoms with E-state index >= 15 is 0 Å². The summed E-state index contributed by atoms with van der Waals surface area (Å²) in [5.41, 5.74) is 16.6. The highest BCUT2D eigenvalue weighted by Gasteiger charge is 2.37. The first-order chi connectivity index (χ1) is 50.1. The normalized spacial score (nSPS) is 12.4. The van der Waals surface area contributed by atoms with Crippen molar-refractivity contribution in [2.45, 2.75) is 20.8 Å². The van der Waals surface area contributed by atoms with Crippen molar-refractivity contribution < 1.29 is 82.8 Å². The molecule has 9 N–H and O–H groups in total. The minimum Gasteiger partial charge on any atom is -0.508 e. The van der Waals surface area contributed by atoms with E-state index in [1.54, 1.807) is 72.8 Å². The second-order valence-electron chi connectivity index (χ2n) is 26.0. The molecule has 0 radical (unpaired) electrons. The maximum Gasteiger partial charge on any atom is 0.194 e. The van der Waals surface area contributed by atoms with Crippen LogP contribution in [0.15, 0.2) is 236 Å². The predicted molar refractivity (Wildman–Crippen MR) is 391 cm³/mol. The van der Waals surface area contributed by atoms with Gasteiger partial charge in [0.1, 0.15) is 97.1 Å². The quantitative estimate of drug-likeness (QED) is 0.0791. The number of aromatic hydroxyl groups is 9. The van der Waals surface area contributed by atoms with E-state index in [-0.39, 0.29) is 74.9 Å². The molecule has 0 saturated carbocycles. The molecule has 0 amide bonds. The van der Waals surface area contributed by atoms with Crippen molar-refractivity contribution >= 4 is 67.0 Å². The SMILES string of the molecule is Cc1ccc(-c2oc3cc(O)cc4c3c2-c2c(O)cccc2C4=O)cc1.Cc1ccc(-c2oc3cc(O)cc4c3c2-c2ccc(O)cc2C4=O)cc1.Cc1cccc(-c2oc3cc(O)cc4c3c2-c2cc(O)ccc2C4=O)c1.O=C1c2ccc(O)cc2-c2c(-c3ccccc3O)oc3cc(O)cc1c23. The van der Waals surface area contributed by atoms with Crippen molar-refractivity contribution in [1.29, 1.82) is 0 Å². The summed E-state index contributed by atoms with van der Waals surface area (Å²) in [6, 6.07) is 61.0. The second-order valence-corrected chi connectivity index (χ2v) is 26.0. The first kappa shape index (κ1) is 63.1. The molecule has 16 aromatic rings. The van der Waals surface area contributed by atoms with Crippen LogP contribution in [0.1, 0.15) is 80.4 Å². The summed E-state index contributed by atoms with van der Waals surface area (Å²) in [4.78, 5) is 51.7. The Morgan fingerprint density at radius 3 is 1.06 bits per heavy atom. The number of phenols is 9. The van der Waals surface area contributed by atoms with Crippen LogP contribution in [0.4, 0.5) is 0 Å². The van der Waals surface area contributed by atoms with Crippen molar-refractivity contribution in [3.63, 3.8) is 0 Å². The molecule has 504 valence electrons.